The Hall–Kier alpha value is -2.31. The summed E-state index contributed by atoms with van der Waals surface area (Å²) in [6, 6.07) is 0.607. The average molecular weight is 371 g/mol. The number of hydrogen-bond donors (Lipinski definition) is 2. The normalized spacial score (nSPS) is 29.8. The van der Waals surface area contributed by atoms with Gasteiger partial charge in [0.1, 0.15) is 5.76 Å². The molecule has 6 heteroatoms. The summed E-state index contributed by atoms with van der Waals surface area (Å²) in [4.78, 5) is 0. The highest BCUT2D eigenvalue weighted by molar-refractivity contribution is 5.92. The van der Waals surface area contributed by atoms with E-state index in [0.29, 0.717) is 11.8 Å². The second-order valence-corrected chi connectivity index (χ2v) is 7.28. The number of hydrazine groups is 1. The molecule has 0 aromatic rings. The Morgan fingerprint density at radius 1 is 1.26 bits per heavy atom. The molecule has 1 fully saturated rings. The first-order chi connectivity index (χ1) is 13.0. The summed E-state index contributed by atoms with van der Waals surface area (Å²) in [5.74, 6) is 0.849. The number of hydrogen-bond acceptors (Lipinski definition) is 6. The van der Waals surface area contributed by atoms with Crippen LogP contribution in [0.25, 0.3) is 0 Å². The summed E-state index contributed by atoms with van der Waals surface area (Å²) < 4.78 is 5.60. The van der Waals surface area contributed by atoms with E-state index in [1.807, 2.05) is 18.2 Å². The van der Waals surface area contributed by atoms with Gasteiger partial charge in [-0.3, -0.25) is 0 Å². The zero-order chi connectivity index (χ0) is 19.4. The van der Waals surface area contributed by atoms with E-state index in [-0.39, 0.29) is 12.1 Å². The van der Waals surface area contributed by atoms with Crippen molar-refractivity contribution in [3.63, 3.8) is 0 Å². The van der Waals surface area contributed by atoms with E-state index < -0.39 is 0 Å². The number of likely N-dealkylation sites (N-methyl/N-ethyl adjacent to an activating group) is 1. The van der Waals surface area contributed by atoms with Crippen LogP contribution in [0, 0.1) is 0 Å². The highest BCUT2D eigenvalue weighted by atomic mass is 16.5. The smallest absolute Gasteiger partial charge is 0.124 e. The summed E-state index contributed by atoms with van der Waals surface area (Å²) in [5, 5.41) is 26.2. The van der Waals surface area contributed by atoms with Crippen LogP contribution in [-0.4, -0.2) is 58.4 Å². The van der Waals surface area contributed by atoms with Crippen molar-refractivity contribution in [2.24, 2.45) is 5.16 Å². The van der Waals surface area contributed by atoms with Gasteiger partial charge in [0.25, 0.3) is 0 Å². The maximum absolute atomic E-state index is 9.78. The Morgan fingerprint density at radius 3 is 2.67 bits per heavy atom. The van der Waals surface area contributed by atoms with Crippen LogP contribution in [0.3, 0.4) is 0 Å². The Kier molecular flexibility index (Phi) is 6.19. The minimum absolute atomic E-state index is 0.145. The van der Waals surface area contributed by atoms with E-state index in [2.05, 4.69) is 40.6 Å². The van der Waals surface area contributed by atoms with Gasteiger partial charge < -0.3 is 20.1 Å². The number of oxime groups is 1. The van der Waals surface area contributed by atoms with Gasteiger partial charge in [-0.25, -0.2) is 5.01 Å². The molecule has 1 aliphatic heterocycles. The van der Waals surface area contributed by atoms with Crippen molar-refractivity contribution < 1.29 is 15.1 Å². The minimum atomic E-state index is -0.145. The molecule has 2 N–H and O–H groups in total. The lowest BCUT2D eigenvalue weighted by Crippen LogP contribution is -2.45. The molecule has 0 amide bonds. The largest absolute Gasteiger partial charge is 0.496 e. The molecule has 0 spiro atoms. The third-order valence-corrected chi connectivity index (χ3v) is 5.45. The molecule has 1 unspecified atom stereocenters. The van der Waals surface area contributed by atoms with Crippen LogP contribution in [0.2, 0.25) is 0 Å². The van der Waals surface area contributed by atoms with Crippen molar-refractivity contribution in [2.45, 2.75) is 50.8 Å². The number of methoxy groups -OCH3 is 1. The van der Waals surface area contributed by atoms with Gasteiger partial charge in [-0.2, -0.15) is 0 Å². The highest BCUT2D eigenvalue weighted by Crippen LogP contribution is 2.35. The van der Waals surface area contributed by atoms with Gasteiger partial charge in [0.2, 0.25) is 0 Å². The second kappa shape index (κ2) is 8.59. The Labute approximate surface area is 161 Å². The zero-order valence-corrected chi connectivity index (χ0v) is 16.2. The molecule has 27 heavy (non-hydrogen) atoms. The third-order valence-electron chi connectivity index (χ3n) is 5.45. The molecule has 0 saturated heterocycles. The van der Waals surface area contributed by atoms with Crippen LogP contribution in [-0.2, 0) is 4.74 Å². The summed E-state index contributed by atoms with van der Waals surface area (Å²) in [5.41, 5.74) is 2.80. The molecular weight excluding hydrogens is 342 g/mol. The maximum atomic E-state index is 9.78. The van der Waals surface area contributed by atoms with Gasteiger partial charge in [0.15, 0.2) is 0 Å². The van der Waals surface area contributed by atoms with E-state index in [1.165, 1.54) is 5.57 Å². The Bertz CT molecular complexity index is 725. The number of fused-ring (bicyclic) bond motifs is 1. The number of aliphatic hydroxyl groups excluding tert-OH is 1. The average Bonchev–Trinajstić information content (AvgIpc) is 3.00. The summed E-state index contributed by atoms with van der Waals surface area (Å²) in [7, 11) is 3.80. The van der Waals surface area contributed by atoms with Gasteiger partial charge in [0, 0.05) is 24.9 Å². The van der Waals surface area contributed by atoms with Crippen LogP contribution in [0.4, 0.5) is 0 Å². The standard InChI is InChI=1S/C21H29N3O3/c1-15(22-26)6-4-5-7-16-12-17-14-24(18-8-10-19(25)11-9-18)23(2)20(17)13-21(16)27-3/h4-7,12-14,18-20,25-26H,8-11H2,1-3H3/b6-4-,7-5+,22-15+. The van der Waals surface area contributed by atoms with Gasteiger partial charge in [0.05, 0.1) is 25.0 Å². The summed E-state index contributed by atoms with van der Waals surface area (Å²) in [6.45, 7) is 1.73. The van der Waals surface area contributed by atoms with E-state index in [1.54, 1.807) is 20.1 Å². The van der Waals surface area contributed by atoms with Crippen LogP contribution in [0.5, 0.6) is 0 Å². The van der Waals surface area contributed by atoms with Crippen molar-refractivity contribution in [3.05, 3.63) is 59.6 Å². The fourth-order valence-electron chi connectivity index (χ4n) is 3.89. The zero-order valence-electron chi connectivity index (χ0n) is 16.2. The number of allylic oxidation sites excluding steroid dienone is 4. The molecule has 1 saturated carbocycles. The third kappa shape index (κ3) is 4.34. The Balaban J connectivity index is 1.77. The fraction of sp³-hybridized carbons (Fsp3) is 0.476. The molecule has 0 aromatic carbocycles. The fourth-order valence-corrected chi connectivity index (χ4v) is 3.89. The first-order valence-electron chi connectivity index (χ1n) is 9.45. The summed E-state index contributed by atoms with van der Waals surface area (Å²) >= 11 is 0. The molecule has 3 aliphatic rings. The first kappa shape index (κ1) is 19.5. The minimum Gasteiger partial charge on any atom is -0.496 e. The first-order valence-corrected chi connectivity index (χ1v) is 9.45. The molecule has 1 heterocycles. The lowest BCUT2D eigenvalue weighted by Gasteiger charge is -2.39. The molecule has 1 atom stereocenters. The quantitative estimate of drug-likeness (QED) is 0.336. The topological polar surface area (TPSA) is 68.5 Å². The van der Waals surface area contributed by atoms with Crippen molar-refractivity contribution >= 4 is 5.71 Å². The van der Waals surface area contributed by atoms with Crippen LogP contribution < -0.4 is 0 Å². The molecular formula is C21H29N3O3. The van der Waals surface area contributed by atoms with Gasteiger partial charge >= 0.3 is 0 Å². The summed E-state index contributed by atoms with van der Waals surface area (Å²) in [6.07, 6.45) is 17.6. The van der Waals surface area contributed by atoms with Gasteiger partial charge in [-0.1, -0.05) is 23.4 Å². The number of ether oxygens (including phenoxy) is 1. The van der Waals surface area contributed by atoms with Gasteiger partial charge in [-0.05, 0) is 56.4 Å². The van der Waals surface area contributed by atoms with Crippen molar-refractivity contribution in [3.8, 4) is 0 Å². The molecule has 146 valence electrons. The lowest BCUT2D eigenvalue weighted by atomic mass is 9.93. The van der Waals surface area contributed by atoms with E-state index in [0.717, 1.165) is 37.0 Å². The van der Waals surface area contributed by atoms with E-state index >= 15 is 0 Å². The number of aliphatic hydroxyl groups is 1. The molecule has 6 nitrogen and oxygen atoms in total. The highest BCUT2D eigenvalue weighted by Gasteiger charge is 2.35. The SMILES string of the molecule is COC1=CC2C(=CN(C3CCC(O)CC3)N2C)C=C1/C=C/C=C\C(C)=N\O. The predicted molar refractivity (Wildman–Crippen MR) is 106 cm³/mol. The molecule has 3 rings (SSSR count). The second-order valence-electron chi connectivity index (χ2n) is 7.28. The van der Waals surface area contributed by atoms with E-state index in [4.69, 9.17) is 9.94 Å². The van der Waals surface area contributed by atoms with Crippen molar-refractivity contribution in [2.75, 3.05) is 14.2 Å². The van der Waals surface area contributed by atoms with Crippen molar-refractivity contribution in [1.82, 2.24) is 10.0 Å². The molecule has 0 radical (unpaired) electrons. The van der Waals surface area contributed by atoms with Crippen LogP contribution >= 0.6 is 0 Å². The van der Waals surface area contributed by atoms with Crippen molar-refractivity contribution in [1.29, 1.82) is 0 Å². The Morgan fingerprint density at radius 2 is 2.00 bits per heavy atom. The van der Waals surface area contributed by atoms with Gasteiger partial charge in [-0.15, -0.1) is 0 Å². The van der Waals surface area contributed by atoms with Crippen LogP contribution in [0.1, 0.15) is 32.6 Å². The predicted octanol–water partition coefficient (Wildman–Crippen LogP) is 3.14. The number of rotatable bonds is 5. The maximum Gasteiger partial charge on any atom is 0.124 e. The monoisotopic (exact) mass is 371 g/mol. The molecule has 2 aliphatic carbocycles. The van der Waals surface area contributed by atoms with E-state index in [9.17, 15) is 5.11 Å². The molecule has 0 aromatic heterocycles. The van der Waals surface area contributed by atoms with Crippen LogP contribution in [0.15, 0.2) is 64.7 Å². The lowest BCUT2D eigenvalue weighted by molar-refractivity contribution is -0.0143. The number of nitrogens with zero attached hydrogens (tertiary/aromatic N) is 3. The molecule has 0 bridgehead atoms.